The Morgan fingerprint density at radius 3 is 2.36 bits per heavy atom. The highest BCUT2D eigenvalue weighted by molar-refractivity contribution is 6.01. The van der Waals surface area contributed by atoms with Crippen LogP contribution in [0.1, 0.15) is 61.5 Å². The fraction of sp³-hybridized carbons (Fsp3) is 0.357. The quantitative estimate of drug-likeness (QED) is 0.629. The van der Waals surface area contributed by atoms with Crippen molar-refractivity contribution < 1.29 is 18.7 Å². The molecule has 1 N–H and O–H groups in total. The number of carbonyl (C=O) groups is 2. The standard InChI is InChI=1S/C28H28FNO3/c1-17-25(28(32)33-22-9-5-6-10-22)26(19-11-13-21(29)14-12-19)27-23(30-17)15-20(16-24(27)31)18-7-3-2-4-8-18/h2-4,7-8,11-14,20,22,25-26,30H,1,5-6,9-10,15-16H2. The largest absolute Gasteiger partial charge is 0.462 e. The van der Waals surface area contributed by atoms with E-state index >= 15 is 0 Å². The molecule has 2 aromatic carbocycles. The predicted octanol–water partition coefficient (Wildman–Crippen LogP) is 5.53. The van der Waals surface area contributed by atoms with Gasteiger partial charge in [-0.15, -0.1) is 0 Å². The van der Waals surface area contributed by atoms with Crippen LogP contribution in [0.4, 0.5) is 4.39 Å². The maximum Gasteiger partial charge on any atom is 0.316 e. The van der Waals surface area contributed by atoms with Gasteiger partial charge in [0, 0.05) is 29.3 Å². The van der Waals surface area contributed by atoms with Gasteiger partial charge in [-0.25, -0.2) is 4.39 Å². The summed E-state index contributed by atoms with van der Waals surface area (Å²) < 4.78 is 19.6. The van der Waals surface area contributed by atoms with E-state index in [0.29, 0.717) is 24.1 Å². The van der Waals surface area contributed by atoms with Gasteiger partial charge in [-0.1, -0.05) is 49.0 Å². The molecule has 2 aliphatic carbocycles. The molecule has 170 valence electrons. The highest BCUT2D eigenvalue weighted by atomic mass is 19.1. The van der Waals surface area contributed by atoms with Gasteiger partial charge in [-0.05, 0) is 61.3 Å². The van der Waals surface area contributed by atoms with Crippen LogP contribution in [0.15, 0.2) is 78.1 Å². The Morgan fingerprint density at radius 1 is 0.970 bits per heavy atom. The van der Waals surface area contributed by atoms with Crippen molar-refractivity contribution in [2.45, 2.75) is 56.5 Å². The minimum absolute atomic E-state index is 0.0121. The van der Waals surface area contributed by atoms with E-state index in [-0.39, 0.29) is 29.6 Å². The van der Waals surface area contributed by atoms with Crippen molar-refractivity contribution in [2.75, 3.05) is 0 Å². The number of rotatable bonds is 4. The molecule has 3 unspecified atom stereocenters. The average molecular weight is 446 g/mol. The van der Waals surface area contributed by atoms with Crippen LogP contribution in [0.5, 0.6) is 0 Å². The van der Waals surface area contributed by atoms with Crippen molar-refractivity contribution in [3.8, 4) is 0 Å². The molecule has 1 aliphatic heterocycles. The third-order valence-corrected chi connectivity index (χ3v) is 7.18. The van der Waals surface area contributed by atoms with Gasteiger partial charge in [0.05, 0.1) is 0 Å². The highest BCUT2D eigenvalue weighted by Gasteiger charge is 2.46. The predicted molar refractivity (Wildman–Crippen MR) is 124 cm³/mol. The van der Waals surface area contributed by atoms with E-state index in [2.05, 4.69) is 11.9 Å². The smallest absolute Gasteiger partial charge is 0.316 e. The molecule has 1 heterocycles. The van der Waals surface area contributed by atoms with Gasteiger partial charge in [-0.3, -0.25) is 9.59 Å². The minimum atomic E-state index is -0.730. The molecule has 0 radical (unpaired) electrons. The number of hydrogen-bond acceptors (Lipinski definition) is 4. The van der Waals surface area contributed by atoms with Gasteiger partial charge < -0.3 is 10.1 Å². The van der Waals surface area contributed by atoms with Gasteiger partial charge in [0.25, 0.3) is 0 Å². The van der Waals surface area contributed by atoms with Gasteiger partial charge in [0.15, 0.2) is 5.78 Å². The lowest BCUT2D eigenvalue weighted by Crippen LogP contribution is -2.42. The summed E-state index contributed by atoms with van der Waals surface area (Å²) in [6.45, 7) is 4.17. The molecule has 3 aliphatic rings. The molecule has 5 rings (SSSR count). The van der Waals surface area contributed by atoms with Crippen LogP contribution in [0, 0.1) is 11.7 Å². The lowest BCUT2D eigenvalue weighted by molar-refractivity contribution is -0.153. The fourth-order valence-corrected chi connectivity index (χ4v) is 5.56. The fourth-order valence-electron chi connectivity index (χ4n) is 5.56. The van der Waals surface area contributed by atoms with Gasteiger partial charge >= 0.3 is 5.97 Å². The van der Waals surface area contributed by atoms with Crippen molar-refractivity contribution in [2.24, 2.45) is 5.92 Å². The molecule has 1 fully saturated rings. The van der Waals surface area contributed by atoms with Crippen LogP contribution < -0.4 is 5.32 Å². The summed E-state index contributed by atoms with van der Waals surface area (Å²) in [6, 6.07) is 16.1. The molecule has 2 aromatic rings. The number of hydrogen-bond donors (Lipinski definition) is 1. The van der Waals surface area contributed by atoms with Crippen LogP contribution in [0.3, 0.4) is 0 Å². The maximum atomic E-state index is 13.7. The Kier molecular flexibility index (Phi) is 5.88. The third kappa shape index (κ3) is 4.24. The van der Waals surface area contributed by atoms with Crippen LogP contribution in [-0.2, 0) is 14.3 Å². The number of halogens is 1. The molecule has 4 nitrogen and oxygen atoms in total. The van der Waals surface area contributed by atoms with E-state index in [4.69, 9.17) is 4.74 Å². The molecule has 0 saturated heterocycles. The van der Waals surface area contributed by atoms with Crippen LogP contribution in [-0.4, -0.2) is 17.9 Å². The van der Waals surface area contributed by atoms with E-state index in [9.17, 15) is 14.0 Å². The van der Waals surface area contributed by atoms with Crippen molar-refractivity contribution in [1.82, 2.24) is 5.32 Å². The summed E-state index contributed by atoms with van der Waals surface area (Å²) in [5.74, 6) is -1.91. The second kappa shape index (κ2) is 8.97. The van der Waals surface area contributed by atoms with E-state index in [1.165, 1.54) is 12.1 Å². The zero-order chi connectivity index (χ0) is 22.9. The molecule has 0 bridgehead atoms. The van der Waals surface area contributed by atoms with Crippen LogP contribution in [0.2, 0.25) is 0 Å². The SMILES string of the molecule is C=C1NC2=C(C(=O)CC(c3ccccc3)C2)C(c2ccc(F)cc2)C1C(=O)OC1CCCC1. The first-order valence-electron chi connectivity index (χ1n) is 11.7. The summed E-state index contributed by atoms with van der Waals surface area (Å²) in [4.78, 5) is 26.9. The lowest BCUT2D eigenvalue weighted by Gasteiger charge is -2.40. The topological polar surface area (TPSA) is 55.4 Å². The third-order valence-electron chi connectivity index (χ3n) is 7.18. The average Bonchev–Trinajstić information content (AvgIpc) is 3.32. The molecule has 1 saturated carbocycles. The molecule has 3 atom stereocenters. The number of Topliss-reactive ketones (excluding diaryl/α,β-unsaturated/α-hetero) is 1. The molecular weight excluding hydrogens is 417 g/mol. The Labute approximate surface area is 193 Å². The number of ketones is 1. The molecule has 0 spiro atoms. The second-order valence-corrected chi connectivity index (χ2v) is 9.33. The summed E-state index contributed by atoms with van der Waals surface area (Å²) in [6.07, 6.45) is 4.79. The van der Waals surface area contributed by atoms with Gasteiger partial charge in [-0.2, -0.15) is 0 Å². The Morgan fingerprint density at radius 2 is 1.67 bits per heavy atom. The van der Waals surface area contributed by atoms with E-state index < -0.39 is 11.8 Å². The summed E-state index contributed by atoms with van der Waals surface area (Å²) in [7, 11) is 0. The summed E-state index contributed by atoms with van der Waals surface area (Å²) >= 11 is 0. The maximum absolute atomic E-state index is 13.7. The van der Waals surface area contributed by atoms with E-state index in [0.717, 1.165) is 42.5 Å². The first-order valence-corrected chi connectivity index (χ1v) is 11.7. The van der Waals surface area contributed by atoms with E-state index in [1.807, 2.05) is 30.3 Å². The van der Waals surface area contributed by atoms with Crippen molar-refractivity contribution >= 4 is 11.8 Å². The number of benzene rings is 2. The Balaban J connectivity index is 1.53. The number of carbonyl (C=O) groups excluding carboxylic acids is 2. The lowest BCUT2D eigenvalue weighted by atomic mass is 9.69. The molecular formula is C28H28FNO3. The van der Waals surface area contributed by atoms with Gasteiger partial charge in [0.2, 0.25) is 0 Å². The van der Waals surface area contributed by atoms with Crippen LogP contribution in [0.25, 0.3) is 0 Å². The summed E-state index contributed by atoms with van der Waals surface area (Å²) in [5, 5.41) is 3.30. The number of allylic oxidation sites excluding steroid dienone is 2. The van der Waals surface area contributed by atoms with Gasteiger partial charge in [0.1, 0.15) is 17.8 Å². The van der Waals surface area contributed by atoms with Crippen molar-refractivity contribution in [1.29, 1.82) is 0 Å². The monoisotopic (exact) mass is 445 g/mol. The Bertz CT molecular complexity index is 1100. The van der Waals surface area contributed by atoms with Crippen LogP contribution >= 0.6 is 0 Å². The molecule has 33 heavy (non-hydrogen) atoms. The minimum Gasteiger partial charge on any atom is -0.462 e. The highest BCUT2D eigenvalue weighted by Crippen LogP contribution is 2.47. The molecule has 0 amide bonds. The number of nitrogens with one attached hydrogen (secondary N) is 1. The van der Waals surface area contributed by atoms with E-state index in [1.54, 1.807) is 12.1 Å². The zero-order valence-corrected chi connectivity index (χ0v) is 18.6. The summed E-state index contributed by atoms with van der Waals surface area (Å²) in [5.41, 5.74) is 3.80. The molecule has 0 aromatic heterocycles. The molecule has 5 heteroatoms. The van der Waals surface area contributed by atoms with Crippen molar-refractivity contribution in [3.63, 3.8) is 0 Å². The first kappa shape index (κ1) is 21.6. The zero-order valence-electron chi connectivity index (χ0n) is 18.6. The number of esters is 1. The second-order valence-electron chi connectivity index (χ2n) is 9.33. The normalized spacial score (nSPS) is 25.5. The number of ether oxygens (including phenoxy) is 1. The Hall–Kier alpha value is -3.21. The first-order chi connectivity index (χ1) is 16.0. The van der Waals surface area contributed by atoms with Crippen molar-refractivity contribution in [3.05, 3.63) is 95.1 Å².